The van der Waals surface area contributed by atoms with Crippen molar-refractivity contribution in [2.45, 2.75) is 25.7 Å². The SMILES string of the molecule is Cc1nc(C2CCCN(C)C2)sc1N. The van der Waals surface area contributed by atoms with Gasteiger partial charge in [0.25, 0.3) is 0 Å². The van der Waals surface area contributed by atoms with Crippen LogP contribution in [0.2, 0.25) is 0 Å². The van der Waals surface area contributed by atoms with E-state index in [0.29, 0.717) is 5.92 Å². The zero-order valence-corrected chi connectivity index (χ0v) is 9.60. The summed E-state index contributed by atoms with van der Waals surface area (Å²) in [4.78, 5) is 6.91. The largest absolute Gasteiger partial charge is 0.389 e. The van der Waals surface area contributed by atoms with Crippen LogP contribution < -0.4 is 5.73 Å². The summed E-state index contributed by atoms with van der Waals surface area (Å²) in [6, 6.07) is 0. The molecule has 0 radical (unpaired) electrons. The number of nitrogens with zero attached hydrogens (tertiary/aromatic N) is 2. The first-order chi connectivity index (χ1) is 6.66. The summed E-state index contributed by atoms with van der Waals surface area (Å²) in [5, 5.41) is 2.11. The Morgan fingerprint density at radius 2 is 2.36 bits per heavy atom. The van der Waals surface area contributed by atoms with Crippen molar-refractivity contribution in [3.05, 3.63) is 10.7 Å². The lowest BCUT2D eigenvalue weighted by atomic mass is 9.99. The van der Waals surface area contributed by atoms with Crippen molar-refractivity contribution in [3.63, 3.8) is 0 Å². The number of aromatic nitrogens is 1. The van der Waals surface area contributed by atoms with Crippen LogP contribution in [0.1, 0.15) is 29.5 Å². The Labute approximate surface area is 88.9 Å². The van der Waals surface area contributed by atoms with Crippen molar-refractivity contribution in [1.82, 2.24) is 9.88 Å². The number of anilines is 1. The Balaban J connectivity index is 2.14. The van der Waals surface area contributed by atoms with Crippen LogP contribution in [-0.2, 0) is 0 Å². The van der Waals surface area contributed by atoms with Gasteiger partial charge in [0.05, 0.1) is 10.7 Å². The van der Waals surface area contributed by atoms with Crippen LogP contribution in [0, 0.1) is 6.92 Å². The molecule has 14 heavy (non-hydrogen) atoms. The maximum atomic E-state index is 5.82. The van der Waals surface area contributed by atoms with Crippen molar-refractivity contribution in [2.75, 3.05) is 25.9 Å². The number of nitrogen functional groups attached to an aromatic ring is 1. The fraction of sp³-hybridized carbons (Fsp3) is 0.700. The molecule has 1 aromatic rings. The molecule has 1 saturated heterocycles. The van der Waals surface area contributed by atoms with Crippen LogP contribution in [0.4, 0.5) is 5.00 Å². The van der Waals surface area contributed by atoms with E-state index in [-0.39, 0.29) is 0 Å². The molecule has 1 aliphatic rings. The molecule has 2 heterocycles. The van der Waals surface area contributed by atoms with E-state index < -0.39 is 0 Å². The summed E-state index contributed by atoms with van der Waals surface area (Å²) in [5.41, 5.74) is 6.82. The quantitative estimate of drug-likeness (QED) is 0.770. The van der Waals surface area contributed by atoms with E-state index in [4.69, 9.17) is 5.73 Å². The van der Waals surface area contributed by atoms with Crippen LogP contribution in [0.3, 0.4) is 0 Å². The van der Waals surface area contributed by atoms with Gasteiger partial charge >= 0.3 is 0 Å². The van der Waals surface area contributed by atoms with Gasteiger partial charge in [0.15, 0.2) is 0 Å². The number of piperidine rings is 1. The molecule has 0 spiro atoms. The van der Waals surface area contributed by atoms with E-state index in [1.54, 1.807) is 11.3 Å². The molecule has 4 heteroatoms. The highest BCUT2D eigenvalue weighted by molar-refractivity contribution is 7.15. The van der Waals surface area contributed by atoms with Gasteiger partial charge in [0.1, 0.15) is 5.00 Å². The molecule has 1 fully saturated rings. The van der Waals surface area contributed by atoms with E-state index in [2.05, 4.69) is 16.9 Å². The molecule has 0 aliphatic carbocycles. The maximum Gasteiger partial charge on any atom is 0.109 e. The smallest absolute Gasteiger partial charge is 0.109 e. The number of hydrogen-bond acceptors (Lipinski definition) is 4. The number of likely N-dealkylation sites (N-methyl/N-ethyl adjacent to an activating group) is 1. The standard InChI is InChI=1S/C10H17N3S/c1-7-9(11)14-10(12-7)8-4-3-5-13(2)6-8/h8H,3-6,11H2,1-2H3. The summed E-state index contributed by atoms with van der Waals surface area (Å²) < 4.78 is 0. The Morgan fingerprint density at radius 1 is 1.57 bits per heavy atom. The summed E-state index contributed by atoms with van der Waals surface area (Å²) >= 11 is 1.66. The molecule has 78 valence electrons. The fourth-order valence-corrected chi connectivity index (χ4v) is 2.93. The first-order valence-corrected chi connectivity index (χ1v) is 5.90. The Morgan fingerprint density at radius 3 is 2.93 bits per heavy atom. The monoisotopic (exact) mass is 211 g/mol. The lowest BCUT2D eigenvalue weighted by molar-refractivity contribution is 0.250. The number of hydrogen-bond donors (Lipinski definition) is 1. The molecule has 1 atom stereocenters. The van der Waals surface area contributed by atoms with Crippen LogP contribution in [0.5, 0.6) is 0 Å². The molecule has 0 aromatic carbocycles. The Kier molecular flexibility index (Phi) is 2.74. The van der Waals surface area contributed by atoms with E-state index in [9.17, 15) is 0 Å². The first kappa shape index (κ1) is 9.93. The predicted molar refractivity (Wildman–Crippen MR) is 60.7 cm³/mol. The van der Waals surface area contributed by atoms with Crippen molar-refractivity contribution in [1.29, 1.82) is 0 Å². The van der Waals surface area contributed by atoms with E-state index in [0.717, 1.165) is 17.2 Å². The molecule has 3 nitrogen and oxygen atoms in total. The van der Waals surface area contributed by atoms with Gasteiger partial charge in [-0.2, -0.15) is 0 Å². The highest BCUT2D eigenvalue weighted by Gasteiger charge is 2.22. The van der Waals surface area contributed by atoms with Gasteiger partial charge in [-0.05, 0) is 33.4 Å². The Bertz CT molecular complexity index is 302. The zero-order valence-electron chi connectivity index (χ0n) is 8.79. The second-order valence-corrected chi connectivity index (χ2v) is 5.17. The maximum absolute atomic E-state index is 5.82. The van der Waals surface area contributed by atoms with Gasteiger partial charge in [-0.15, -0.1) is 11.3 Å². The Hall–Kier alpha value is -0.610. The minimum absolute atomic E-state index is 0.606. The number of likely N-dealkylation sites (tertiary alicyclic amines) is 1. The first-order valence-electron chi connectivity index (χ1n) is 5.08. The summed E-state index contributed by atoms with van der Waals surface area (Å²) in [6.45, 7) is 4.34. The predicted octanol–water partition coefficient (Wildman–Crippen LogP) is 1.84. The number of nitrogens with two attached hydrogens (primary N) is 1. The fourth-order valence-electron chi connectivity index (χ4n) is 1.97. The normalized spacial score (nSPS) is 24.0. The van der Waals surface area contributed by atoms with Crippen LogP contribution in [0.15, 0.2) is 0 Å². The lowest BCUT2D eigenvalue weighted by Gasteiger charge is -2.28. The number of thiazole rings is 1. The van der Waals surface area contributed by atoms with Gasteiger partial charge in [-0.25, -0.2) is 4.98 Å². The summed E-state index contributed by atoms with van der Waals surface area (Å²) in [5.74, 6) is 0.606. The average molecular weight is 211 g/mol. The lowest BCUT2D eigenvalue weighted by Crippen LogP contribution is -2.30. The third kappa shape index (κ3) is 1.91. The second kappa shape index (κ2) is 3.87. The minimum Gasteiger partial charge on any atom is -0.389 e. The third-order valence-electron chi connectivity index (χ3n) is 2.82. The van der Waals surface area contributed by atoms with Gasteiger partial charge in [-0.3, -0.25) is 0 Å². The topological polar surface area (TPSA) is 42.2 Å². The highest BCUT2D eigenvalue weighted by atomic mass is 32.1. The molecule has 2 rings (SSSR count). The molecular weight excluding hydrogens is 194 g/mol. The molecule has 0 bridgehead atoms. The molecule has 0 saturated carbocycles. The average Bonchev–Trinajstić information content (AvgIpc) is 2.47. The molecule has 0 amide bonds. The molecule has 1 unspecified atom stereocenters. The van der Waals surface area contributed by atoms with Gasteiger partial charge in [-0.1, -0.05) is 0 Å². The van der Waals surface area contributed by atoms with Gasteiger partial charge < -0.3 is 10.6 Å². The van der Waals surface area contributed by atoms with Crippen molar-refractivity contribution < 1.29 is 0 Å². The summed E-state index contributed by atoms with van der Waals surface area (Å²) in [7, 11) is 2.18. The molecule has 1 aromatic heterocycles. The van der Waals surface area contributed by atoms with Crippen molar-refractivity contribution >= 4 is 16.3 Å². The van der Waals surface area contributed by atoms with Crippen LogP contribution >= 0.6 is 11.3 Å². The van der Waals surface area contributed by atoms with Gasteiger partial charge in [0.2, 0.25) is 0 Å². The molecule has 2 N–H and O–H groups in total. The van der Waals surface area contributed by atoms with Crippen LogP contribution in [0.25, 0.3) is 0 Å². The second-order valence-electron chi connectivity index (χ2n) is 4.10. The highest BCUT2D eigenvalue weighted by Crippen LogP contribution is 2.32. The van der Waals surface area contributed by atoms with E-state index in [1.165, 1.54) is 24.4 Å². The summed E-state index contributed by atoms with van der Waals surface area (Å²) in [6.07, 6.45) is 2.54. The van der Waals surface area contributed by atoms with E-state index >= 15 is 0 Å². The van der Waals surface area contributed by atoms with E-state index in [1.807, 2.05) is 6.92 Å². The number of aryl methyl sites for hydroxylation is 1. The zero-order chi connectivity index (χ0) is 10.1. The minimum atomic E-state index is 0.606. The third-order valence-corrected chi connectivity index (χ3v) is 3.97. The number of rotatable bonds is 1. The van der Waals surface area contributed by atoms with Crippen molar-refractivity contribution in [3.8, 4) is 0 Å². The molecule has 1 aliphatic heterocycles. The van der Waals surface area contributed by atoms with Crippen LogP contribution in [-0.4, -0.2) is 30.0 Å². The van der Waals surface area contributed by atoms with Gasteiger partial charge in [0, 0.05) is 12.5 Å². The molecular formula is C10H17N3S. The van der Waals surface area contributed by atoms with Crippen molar-refractivity contribution in [2.24, 2.45) is 0 Å².